The molecule has 2 aromatic carbocycles. The average Bonchev–Trinajstić information content (AvgIpc) is 3.33. The van der Waals surface area contributed by atoms with Crippen molar-refractivity contribution in [3.05, 3.63) is 71.0 Å². The van der Waals surface area contributed by atoms with Crippen molar-refractivity contribution in [3.8, 4) is 0 Å². The Bertz CT molecular complexity index is 874. The molecule has 3 heterocycles. The number of hydrogen-bond acceptors (Lipinski definition) is 2. The van der Waals surface area contributed by atoms with Crippen LogP contribution < -0.4 is 5.32 Å². The predicted octanol–water partition coefficient (Wildman–Crippen LogP) is 3.58. The molecule has 2 aromatic rings. The van der Waals surface area contributed by atoms with E-state index in [1.54, 1.807) is 12.1 Å². The fourth-order valence-corrected chi connectivity index (χ4v) is 5.21. The molecule has 0 unspecified atom stereocenters. The number of urea groups is 1. The van der Waals surface area contributed by atoms with Gasteiger partial charge in [-0.3, -0.25) is 0 Å². The zero-order chi connectivity index (χ0) is 19.1. The zero-order valence-corrected chi connectivity index (χ0v) is 16.0. The maximum Gasteiger partial charge on any atom is 0.318 e. The molecule has 2 amide bonds. The summed E-state index contributed by atoms with van der Waals surface area (Å²) in [6.07, 6.45) is 3.20. The second-order valence-corrected chi connectivity index (χ2v) is 8.53. The molecule has 2 bridgehead atoms. The van der Waals surface area contributed by atoms with Crippen molar-refractivity contribution in [2.45, 2.75) is 25.3 Å². The van der Waals surface area contributed by atoms with Gasteiger partial charge in [-0.15, -0.1) is 0 Å². The smallest absolute Gasteiger partial charge is 0.318 e. The lowest BCUT2D eigenvalue weighted by atomic mass is 9.84. The normalized spacial score (nSPS) is 28.2. The molecule has 5 rings (SSSR count). The Morgan fingerprint density at radius 2 is 1.82 bits per heavy atom. The Kier molecular flexibility index (Phi) is 4.35. The minimum atomic E-state index is -0.255. The van der Waals surface area contributed by atoms with Crippen molar-refractivity contribution < 1.29 is 9.18 Å². The number of rotatable bonds is 3. The SMILES string of the molecule is O=C(NCC12CCN(CC1)C2)N1CCc2ccccc2[C@@H]1c1ccc(F)cc1. The first-order valence-electron chi connectivity index (χ1n) is 10.2. The predicted molar refractivity (Wildman–Crippen MR) is 107 cm³/mol. The Labute approximate surface area is 165 Å². The summed E-state index contributed by atoms with van der Waals surface area (Å²) in [6.45, 7) is 4.84. The highest BCUT2D eigenvalue weighted by atomic mass is 19.1. The van der Waals surface area contributed by atoms with Crippen LogP contribution in [0, 0.1) is 11.2 Å². The van der Waals surface area contributed by atoms with Crippen molar-refractivity contribution in [2.24, 2.45) is 5.41 Å². The summed E-state index contributed by atoms with van der Waals surface area (Å²) in [5.74, 6) is -0.255. The highest BCUT2D eigenvalue weighted by molar-refractivity contribution is 5.76. The van der Waals surface area contributed by atoms with Crippen LogP contribution in [0.3, 0.4) is 0 Å². The fourth-order valence-electron chi connectivity index (χ4n) is 5.21. The van der Waals surface area contributed by atoms with Gasteiger partial charge in [-0.2, -0.15) is 0 Å². The Balaban J connectivity index is 1.40. The number of halogens is 1. The topological polar surface area (TPSA) is 35.6 Å². The largest absolute Gasteiger partial charge is 0.337 e. The van der Waals surface area contributed by atoms with Gasteiger partial charge in [0, 0.05) is 25.0 Å². The van der Waals surface area contributed by atoms with E-state index in [-0.39, 0.29) is 23.3 Å². The Hall–Kier alpha value is -2.40. The molecule has 5 heteroatoms. The number of fused-ring (bicyclic) bond motifs is 3. The number of piperidine rings is 1. The molecule has 3 aliphatic heterocycles. The number of carbonyl (C=O) groups excluding carboxylic acids is 1. The van der Waals surface area contributed by atoms with E-state index in [0.29, 0.717) is 6.54 Å². The molecule has 0 aliphatic carbocycles. The van der Waals surface area contributed by atoms with Crippen LogP contribution in [0.25, 0.3) is 0 Å². The van der Waals surface area contributed by atoms with Gasteiger partial charge in [0.2, 0.25) is 0 Å². The maximum absolute atomic E-state index is 13.5. The van der Waals surface area contributed by atoms with Gasteiger partial charge in [-0.1, -0.05) is 36.4 Å². The number of carbonyl (C=O) groups is 1. The molecule has 0 radical (unpaired) electrons. The van der Waals surface area contributed by atoms with E-state index in [1.165, 1.54) is 30.5 Å². The third kappa shape index (κ3) is 3.08. The van der Waals surface area contributed by atoms with Gasteiger partial charge in [-0.05, 0) is 61.2 Å². The van der Waals surface area contributed by atoms with E-state index in [9.17, 15) is 9.18 Å². The summed E-state index contributed by atoms with van der Waals surface area (Å²) in [7, 11) is 0. The van der Waals surface area contributed by atoms with E-state index < -0.39 is 0 Å². The quantitative estimate of drug-likeness (QED) is 0.885. The number of nitrogens with one attached hydrogen (secondary N) is 1. The van der Waals surface area contributed by atoms with Gasteiger partial charge >= 0.3 is 6.03 Å². The summed E-state index contributed by atoms with van der Waals surface area (Å²) in [5.41, 5.74) is 3.62. The van der Waals surface area contributed by atoms with E-state index in [1.807, 2.05) is 17.0 Å². The molecular formula is C23H26FN3O. The van der Waals surface area contributed by atoms with Crippen molar-refractivity contribution in [1.29, 1.82) is 0 Å². The molecule has 1 atom stereocenters. The van der Waals surface area contributed by atoms with Gasteiger partial charge in [0.15, 0.2) is 0 Å². The van der Waals surface area contributed by atoms with Crippen LogP contribution in [0.2, 0.25) is 0 Å². The van der Waals surface area contributed by atoms with Gasteiger partial charge in [0.05, 0.1) is 6.04 Å². The number of amides is 2. The molecule has 0 spiro atoms. The molecule has 2 saturated heterocycles. The number of benzene rings is 2. The third-order valence-corrected chi connectivity index (χ3v) is 6.82. The standard InChI is InChI=1S/C23H26FN3O/c24-19-7-5-18(6-8-19)21-20-4-2-1-3-17(20)9-12-27(21)22(28)25-15-23-10-13-26(16-23)14-11-23/h1-8,21H,9-16H2,(H,25,28)/t21-/m0/s1. The summed E-state index contributed by atoms with van der Waals surface area (Å²) >= 11 is 0. The molecule has 4 nitrogen and oxygen atoms in total. The van der Waals surface area contributed by atoms with Crippen molar-refractivity contribution in [2.75, 3.05) is 32.7 Å². The minimum Gasteiger partial charge on any atom is -0.337 e. The summed E-state index contributed by atoms with van der Waals surface area (Å²) in [4.78, 5) is 17.6. The van der Waals surface area contributed by atoms with Gasteiger partial charge in [0.1, 0.15) is 5.82 Å². The monoisotopic (exact) mass is 379 g/mol. The average molecular weight is 379 g/mol. The lowest BCUT2D eigenvalue weighted by Gasteiger charge is -2.38. The maximum atomic E-state index is 13.5. The Morgan fingerprint density at radius 3 is 2.54 bits per heavy atom. The molecule has 2 fully saturated rings. The molecule has 146 valence electrons. The van der Waals surface area contributed by atoms with Gasteiger partial charge in [0.25, 0.3) is 0 Å². The van der Waals surface area contributed by atoms with Gasteiger partial charge < -0.3 is 15.1 Å². The van der Waals surface area contributed by atoms with Gasteiger partial charge in [-0.25, -0.2) is 9.18 Å². The van der Waals surface area contributed by atoms with Crippen LogP contribution in [0.4, 0.5) is 9.18 Å². The zero-order valence-electron chi connectivity index (χ0n) is 16.0. The summed E-state index contributed by atoms with van der Waals surface area (Å²) in [5, 5.41) is 3.24. The van der Waals surface area contributed by atoms with Crippen LogP contribution >= 0.6 is 0 Å². The van der Waals surface area contributed by atoms with Crippen LogP contribution in [-0.4, -0.2) is 48.6 Å². The first kappa shape index (κ1) is 17.7. The number of nitrogens with zero attached hydrogens (tertiary/aromatic N) is 2. The van der Waals surface area contributed by atoms with Crippen molar-refractivity contribution in [1.82, 2.24) is 15.1 Å². The van der Waals surface area contributed by atoms with E-state index in [2.05, 4.69) is 22.3 Å². The highest BCUT2D eigenvalue weighted by Gasteiger charge is 2.44. The molecule has 3 aliphatic rings. The van der Waals surface area contributed by atoms with Crippen LogP contribution in [0.1, 0.15) is 35.6 Å². The van der Waals surface area contributed by atoms with Crippen LogP contribution in [-0.2, 0) is 6.42 Å². The third-order valence-electron chi connectivity index (χ3n) is 6.82. The molecule has 1 N–H and O–H groups in total. The lowest BCUT2D eigenvalue weighted by molar-refractivity contribution is 0.173. The van der Waals surface area contributed by atoms with E-state index in [0.717, 1.165) is 43.7 Å². The number of hydrogen-bond donors (Lipinski definition) is 1. The second kappa shape index (κ2) is 6.89. The summed E-state index contributed by atoms with van der Waals surface area (Å²) in [6, 6.07) is 14.7. The molecule has 0 aromatic heterocycles. The molecule has 28 heavy (non-hydrogen) atoms. The lowest BCUT2D eigenvalue weighted by Crippen LogP contribution is -2.48. The van der Waals surface area contributed by atoms with Crippen LogP contribution in [0.5, 0.6) is 0 Å². The van der Waals surface area contributed by atoms with Crippen LogP contribution in [0.15, 0.2) is 48.5 Å². The molecular weight excluding hydrogens is 353 g/mol. The van der Waals surface area contributed by atoms with Crippen molar-refractivity contribution >= 4 is 6.03 Å². The second-order valence-electron chi connectivity index (χ2n) is 8.53. The molecule has 0 saturated carbocycles. The first-order valence-corrected chi connectivity index (χ1v) is 10.2. The fraction of sp³-hybridized carbons (Fsp3) is 0.435. The summed E-state index contributed by atoms with van der Waals surface area (Å²) < 4.78 is 13.5. The van der Waals surface area contributed by atoms with E-state index >= 15 is 0 Å². The first-order chi connectivity index (χ1) is 13.6. The van der Waals surface area contributed by atoms with Crippen molar-refractivity contribution in [3.63, 3.8) is 0 Å². The minimum absolute atomic E-state index is 0.0106. The van der Waals surface area contributed by atoms with E-state index in [4.69, 9.17) is 0 Å². The highest BCUT2D eigenvalue weighted by Crippen LogP contribution is 2.40. The Morgan fingerprint density at radius 1 is 1.07 bits per heavy atom.